The lowest BCUT2D eigenvalue weighted by Gasteiger charge is -2.07. The Labute approximate surface area is 127 Å². The van der Waals surface area contributed by atoms with Crippen LogP contribution in [0.5, 0.6) is 0 Å². The first-order valence-electron chi connectivity index (χ1n) is 6.86. The van der Waals surface area contributed by atoms with Crippen molar-refractivity contribution in [1.82, 2.24) is 10.5 Å². The first-order valence-corrected chi connectivity index (χ1v) is 7.99. The fourth-order valence-electron chi connectivity index (χ4n) is 2.04. The highest BCUT2D eigenvalue weighted by Gasteiger charge is 2.11. The molecule has 1 aromatic carbocycles. The van der Waals surface area contributed by atoms with E-state index in [9.17, 15) is 4.79 Å². The van der Waals surface area contributed by atoms with Crippen LogP contribution in [0.25, 0.3) is 11.0 Å². The number of nitrogens with zero attached hydrogens (tertiary/aromatic N) is 1. The van der Waals surface area contributed by atoms with Gasteiger partial charge in [-0.05, 0) is 30.9 Å². The summed E-state index contributed by atoms with van der Waals surface area (Å²) in [6.07, 6.45) is 2.38. The lowest BCUT2D eigenvalue weighted by atomic mass is 10.1. The van der Waals surface area contributed by atoms with Crippen molar-refractivity contribution in [2.24, 2.45) is 5.92 Å². The number of hydrogen-bond donors (Lipinski definition) is 1. The number of aromatic nitrogens is 1. The number of rotatable bonds is 7. The van der Waals surface area contributed by atoms with Crippen molar-refractivity contribution >= 4 is 32.8 Å². The molecule has 1 atom stereocenters. The van der Waals surface area contributed by atoms with Gasteiger partial charge in [-0.25, -0.2) is 0 Å². The highest BCUT2D eigenvalue weighted by atomic mass is 79.9. The van der Waals surface area contributed by atoms with Crippen LogP contribution in [0.1, 0.15) is 25.5 Å². The van der Waals surface area contributed by atoms with Crippen LogP contribution in [0.3, 0.4) is 0 Å². The number of amides is 1. The van der Waals surface area contributed by atoms with E-state index in [0.29, 0.717) is 18.2 Å². The molecule has 0 radical (unpaired) electrons. The summed E-state index contributed by atoms with van der Waals surface area (Å²) in [6, 6.07) is 7.59. The maximum Gasteiger partial charge on any atom is 0.226 e. The molecule has 2 aromatic rings. The minimum atomic E-state index is -0.00412. The SMILES string of the molecule is CC(CBr)CCCNC(=O)Cc1noc2ccccc12. The molecule has 108 valence electrons. The summed E-state index contributed by atoms with van der Waals surface area (Å²) in [6.45, 7) is 2.91. The predicted molar refractivity (Wildman–Crippen MR) is 82.9 cm³/mol. The van der Waals surface area contributed by atoms with E-state index in [0.717, 1.165) is 29.1 Å². The molecular weight excluding hydrogens is 320 g/mol. The third-order valence-corrected chi connectivity index (χ3v) is 4.34. The Balaban J connectivity index is 1.80. The number of nitrogens with one attached hydrogen (secondary N) is 1. The van der Waals surface area contributed by atoms with Crippen LogP contribution in [0, 0.1) is 5.92 Å². The smallest absolute Gasteiger partial charge is 0.226 e. The Morgan fingerprint density at radius 1 is 1.45 bits per heavy atom. The summed E-state index contributed by atoms with van der Waals surface area (Å²) < 4.78 is 5.19. The molecule has 2 rings (SSSR count). The fourth-order valence-corrected chi connectivity index (χ4v) is 2.36. The summed E-state index contributed by atoms with van der Waals surface area (Å²) in [5, 5.41) is 8.81. The number of para-hydroxylation sites is 1. The molecule has 0 aliphatic rings. The zero-order valence-corrected chi connectivity index (χ0v) is 13.1. The molecule has 0 fully saturated rings. The van der Waals surface area contributed by atoms with Gasteiger partial charge in [-0.15, -0.1) is 0 Å². The van der Waals surface area contributed by atoms with Gasteiger partial charge < -0.3 is 9.84 Å². The number of carbonyl (C=O) groups is 1. The lowest BCUT2D eigenvalue weighted by molar-refractivity contribution is -0.120. The molecular formula is C15H19BrN2O2. The molecule has 1 heterocycles. The summed E-state index contributed by atoms with van der Waals surface area (Å²) in [5.41, 5.74) is 1.42. The van der Waals surface area contributed by atoms with Crippen molar-refractivity contribution in [3.63, 3.8) is 0 Å². The molecule has 4 nitrogen and oxygen atoms in total. The number of hydrogen-bond acceptors (Lipinski definition) is 3. The third-order valence-electron chi connectivity index (χ3n) is 3.24. The Bertz CT molecular complexity index is 568. The molecule has 0 aliphatic heterocycles. The van der Waals surface area contributed by atoms with E-state index < -0.39 is 0 Å². The van der Waals surface area contributed by atoms with Gasteiger partial charge >= 0.3 is 0 Å². The molecule has 0 saturated carbocycles. The highest BCUT2D eigenvalue weighted by molar-refractivity contribution is 9.09. The molecule has 1 N–H and O–H groups in total. The average Bonchev–Trinajstić information content (AvgIpc) is 2.86. The van der Waals surface area contributed by atoms with Crippen molar-refractivity contribution in [3.05, 3.63) is 30.0 Å². The average molecular weight is 339 g/mol. The first kappa shape index (κ1) is 15.0. The van der Waals surface area contributed by atoms with Gasteiger partial charge in [0, 0.05) is 17.3 Å². The normalized spacial score (nSPS) is 12.5. The standard InChI is InChI=1S/C15H19BrN2O2/c1-11(10-16)5-4-8-17-15(19)9-13-12-6-2-3-7-14(12)20-18-13/h2-3,6-7,11H,4-5,8-10H2,1H3,(H,17,19). The molecule has 20 heavy (non-hydrogen) atoms. The number of alkyl halides is 1. The Morgan fingerprint density at radius 2 is 2.25 bits per heavy atom. The monoisotopic (exact) mass is 338 g/mol. The van der Waals surface area contributed by atoms with E-state index in [1.54, 1.807) is 0 Å². The lowest BCUT2D eigenvalue weighted by Crippen LogP contribution is -2.26. The van der Waals surface area contributed by atoms with Crippen LogP contribution in [0.15, 0.2) is 28.8 Å². The second-order valence-electron chi connectivity index (χ2n) is 5.05. The van der Waals surface area contributed by atoms with E-state index in [-0.39, 0.29) is 12.3 Å². The van der Waals surface area contributed by atoms with Gasteiger partial charge in [-0.1, -0.05) is 40.1 Å². The summed E-state index contributed by atoms with van der Waals surface area (Å²) >= 11 is 3.45. The number of halogens is 1. The minimum absolute atomic E-state index is 0.00412. The molecule has 0 spiro atoms. The summed E-state index contributed by atoms with van der Waals surface area (Å²) in [5.74, 6) is 0.641. The van der Waals surface area contributed by atoms with Crippen molar-refractivity contribution in [2.75, 3.05) is 11.9 Å². The van der Waals surface area contributed by atoms with Crippen molar-refractivity contribution in [2.45, 2.75) is 26.2 Å². The Morgan fingerprint density at radius 3 is 3.05 bits per heavy atom. The van der Waals surface area contributed by atoms with Crippen LogP contribution < -0.4 is 5.32 Å². The van der Waals surface area contributed by atoms with Crippen LogP contribution in [-0.2, 0) is 11.2 Å². The second kappa shape index (κ2) is 7.43. The van der Waals surface area contributed by atoms with E-state index in [1.165, 1.54) is 0 Å². The number of benzene rings is 1. The maximum atomic E-state index is 11.9. The predicted octanol–water partition coefficient (Wildman–Crippen LogP) is 3.30. The third kappa shape index (κ3) is 4.07. The van der Waals surface area contributed by atoms with Crippen molar-refractivity contribution in [1.29, 1.82) is 0 Å². The van der Waals surface area contributed by atoms with E-state index in [1.807, 2.05) is 24.3 Å². The molecule has 0 bridgehead atoms. The molecule has 5 heteroatoms. The zero-order chi connectivity index (χ0) is 14.4. The molecule has 1 unspecified atom stereocenters. The second-order valence-corrected chi connectivity index (χ2v) is 5.70. The quantitative estimate of drug-likeness (QED) is 0.622. The number of carbonyl (C=O) groups excluding carboxylic acids is 1. The molecule has 0 saturated heterocycles. The van der Waals surface area contributed by atoms with Gasteiger partial charge in [0.25, 0.3) is 0 Å². The van der Waals surface area contributed by atoms with Crippen molar-refractivity contribution < 1.29 is 9.32 Å². The van der Waals surface area contributed by atoms with Crippen LogP contribution in [-0.4, -0.2) is 22.9 Å². The van der Waals surface area contributed by atoms with Gasteiger partial charge in [0.1, 0.15) is 5.69 Å². The Kier molecular flexibility index (Phi) is 5.59. The summed E-state index contributed by atoms with van der Waals surface area (Å²) in [4.78, 5) is 11.9. The van der Waals surface area contributed by atoms with Gasteiger partial charge in [0.15, 0.2) is 5.58 Å². The minimum Gasteiger partial charge on any atom is -0.356 e. The molecule has 0 aliphatic carbocycles. The van der Waals surface area contributed by atoms with Crippen molar-refractivity contribution in [3.8, 4) is 0 Å². The first-order chi connectivity index (χ1) is 9.70. The molecule has 1 aromatic heterocycles. The number of fused-ring (bicyclic) bond motifs is 1. The topological polar surface area (TPSA) is 55.1 Å². The van der Waals surface area contributed by atoms with Gasteiger partial charge in [0.05, 0.1) is 6.42 Å². The zero-order valence-electron chi connectivity index (χ0n) is 11.6. The van der Waals surface area contributed by atoms with E-state index in [4.69, 9.17) is 4.52 Å². The van der Waals surface area contributed by atoms with E-state index in [2.05, 4.69) is 33.3 Å². The Hall–Kier alpha value is -1.36. The van der Waals surface area contributed by atoms with E-state index >= 15 is 0 Å². The fraction of sp³-hybridized carbons (Fsp3) is 0.467. The van der Waals surface area contributed by atoms with Gasteiger partial charge in [0.2, 0.25) is 5.91 Å². The molecule has 1 amide bonds. The van der Waals surface area contributed by atoms with Crippen LogP contribution >= 0.6 is 15.9 Å². The summed E-state index contributed by atoms with van der Waals surface area (Å²) in [7, 11) is 0. The van der Waals surface area contributed by atoms with Gasteiger partial charge in [-0.2, -0.15) is 0 Å². The van der Waals surface area contributed by atoms with Crippen LogP contribution in [0.4, 0.5) is 0 Å². The van der Waals surface area contributed by atoms with Gasteiger partial charge in [-0.3, -0.25) is 4.79 Å². The van der Waals surface area contributed by atoms with Crippen LogP contribution in [0.2, 0.25) is 0 Å². The largest absolute Gasteiger partial charge is 0.356 e. The maximum absolute atomic E-state index is 11.9. The highest BCUT2D eigenvalue weighted by Crippen LogP contribution is 2.17.